The van der Waals surface area contributed by atoms with Gasteiger partial charge in [-0.3, -0.25) is 0 Å². The van der Waals surface area contributed by atoms with Gasteiger partial charge in [-0.05, 0) is 52.4 Å². The first-order valence-electron chi connectivity index (χ1n) is 5.79. The van der Waals surface area contributed by atoms with Crippen molar-refractivity contribution in [3.8, 4) is 0 Å². The molecule has 1 heterocycles. The minimum absolute atomic E-state index is 0.829. The maximum absolute atomic E-state index is 3.38. The monoisotopic (exact) mass is 184 g/mol. The molecule has 0 bridgehead atoms. The van der Waals surface area contributed by atoms with Crippen molar-refractivity contribution in [3.63, 3.8) is 0 Å². The second kappa shape index (κ2) is 6.39. The highest BCUT2D eigenvalue weighted by molar-refractivity contribution is 4.72. The molecule has 2 nitrogen and oxygen atoms in total. The Balaban J connectivity index is 2.05. The number of rotatable bonds is 5. The van der Waals surface area contributed by atoms with Crippen LogP contribution in [0.1, 0.15) is 39.5 Å². The number of hydrogen-bond donors (Lipinski definition) is 1. The highest BCUT2D eigenvalue weighted by Gasteiger charge is 2.16. The highest BCUT2D eigenvalue weighted by atomic mass is 15.2. The molecule has 1 fully saturated rings. The predicted octanol–water partition coefficient (Wildman–Crippen LogP) is 1.86. The summed E-state index contributed by atoms with van der Waals surface area (Å²) in [4.78, 5) is 2.64. The highest BCUT2D eigenvalue weighted by Crippen LogP contribution is 2.15. The maximum Gasteiger partial charge on any atom is 0.00669 e. The zero-order valence-corrected chi connectivity index (χ0v) is 9.18. The van der Waals surface area contributed by atoms with Crippen LogP contribution in [0, 0.1) is 0 Å². The molecule has 0 spiro atoms. The summed E-state index contributed by atoms with van der Waals surface area (Å²) in [6.45, 7) is 9.44. The SMILES string of the molecule is CCNCCCN1CCCCC1C. The largest absolute Gasteiger partial charge is 0.317 e. The molecule has 1 rings (SSSR count). The van der Waals surface area contributed by atoms with Crippen molar-refractivity contribution in [2.75, 3.05) is 26.2 Å². The lowest BCUT2D eigenvalue weighted by Gasteiger charge is -2.33. The van der Waals surface area contributed by atoms with Crippen LogP contribution < -0.4 is 5.32 Å². The zero-order valence-electron chi connectivity index (χ0n) is 9.18. The summed E-state index contributed by atoms with van der Waals surface area (Å²) in [6, 6.07) is 0.829. The second-order valence-corrected chi connectivity index (χ2v) is 4.09. The smallest absolute Gasteiger partial charge is 0.00669 e. The van der Waals surface area contributed by atoms with Crippen LogP contribution in [0.15, 0.2) is 0 Å². The van der Waals surface area contributed by atoms with Gasteiger partial charge in [0.15, 0.2) is 0 Å². The van der Waals surface area contributed by atoms with E-state index in [-0.39, 0.29) is 0 Å². The minimum Gasteiger partial charge on any atom is -0.317 e. The summed E-state index contributed by atoms with van der Waals surface area (Å²) in [6.07, 6.45) is 5.55. The van der Waals surface area contributed by atoms with Crippen molar-refractivity contribution in [2.24, 2.45) is 0 Å². The number of nitrogens with zero attached hydrogens (tertiary/aromatic N) is 1. The first-order chi connectivity index (χ1) is 6.34. The van der Waals surface area contributed by atoms with Gasteiger partial charge in [-0.15, -0.1) is 0 Å². The van der Waals surface area contributed by atoms with Crippen LogP contribution in [0.5, 0.6) is 0 Å². The standard InChI is InChI=1S/C11H24N2/c1-3-12-8-6-10-13-9-5-4-7-11(13)2/h11-12H,3-10H2,1-2H3. The molecule has 0 saturated carbocycles. The molecule has 0 aromatic heterocycles. The minimum atomic E-state index is 0.829. The van der Waals surface area contributed by atoms with Crippen LogP contribution in [0.2, 0.25) is 0 Å². The van der Waals surface area contributed by atoms with Gasteiger partial charge in [-0.25, -0.2) is 0 Å². The molecule has 1 aliphatic heterocycles. The Bertz CT molecular complexity index is 125. The molecule has 0 aliphatic carbocycles. The van der Waals surface area contributed by atoms with E-state index in [2.05, 4.69) is 24.1 Å². The lowest BCUT2D eigenvalue weighted by Crippen LogP contribution is -2.38. The summed E-state index contributed by atoms with van der Waals surface area (Å²) in [5, 5.41) is 3.38. The fraction of sp³-hybridized carbons (Fsp3) is 1.00. The normalized spacial score (nSPS) is 24.9. The van der Waals surface area contributed by atoms with E-state index >= 15 is 0 Å². The molecule has 0 amide bonds. The lowest BCUT2D eigenvalue weighted by molar-refractivity contribution is 0.159. The molecule has 0 aromatic carbocycles. The Labute approximate surface area is 82.7 Å². The first kappa shape index (κ1) is 11.0. The Morgan fingerprint density at radius 2 is 2.23 bits per heavy atom. The van der Waals surface area contributed by atoms with Crippen molar-refractivity contribution < 1.29 is 0 Å². The number of hydrogen-bond acceptors (Lipinski definition) is 2. The summed E-state index contributed by atoms with van der Waals surface area (Å²) in [5.74, 6) is 0. The van der Waals surface area contributed by atoms with Crippen molar-refractivity contribution in [3.05, 3.63) is 0 Å². The van der Waals surface area contributed by atoms with E-state index in [1.54, 1.807) is 0 Å². The van der Waals surface area contributed by atoms with Gasteiger partial charge in [-0.2, -0.15) is 0 Å². The van der Waals surface area contributed by atoms with E-state index in [1.807, 2.05) is 0 Å². The van der Waals surface area contributed by atoms with Crippen LogP contribution in [-0.2, 0) is 0 Å². The molecule has 1 atom stereocenters. The molecule has 1 saturated heterocycles. The first-order valence-corrected chi connectivity index (χ1v) is 5.79. The van der Waals surface area contributed by atoms with Crippen molar-refractivity contribution in [1.82, 2.24) is 10.2 Å². The topological polar surface area (TPSA) is 15.3 Å². The molecule has 1 N–H and O–H groups in total. The maximum atomic E-state index is 3.38. The Hall–Kier alpha value is -0.0800. The molecule has 78 valence electrons. The van der Waals surface area contributed by atoms with Crippen LogP contribution in [-0.4, -0.2) is 37.1 Å². The lowest BCUT2D eigenvalue weighted by atomic mass is 10.0. The van der Waals surface area contributed by atoms with E-state index in [1.165, 1.54) is 45.3 Å². The van der Waals surface area contributed by atoms with Crippen molar-refractivity contribution in [2.45, 2.75) is 45.6 Å². The van der Waals surface area contributed by atoms with Gasteiger partial charge in [0.1, 0.15) is 0 Å². The number of nitrogens with one attached hydrogen (secondary N) is 1. The summed E-state index contributed by atoms with van der Waals surface area (Å²) in [7, 11) is 0. The average Bonchev–Trinajstić information content (AvgIpc) is 2.15. The predicted molar refractivity (Wildman–Crippen MR) is 58.0 cm³/mol. The van der Waals surface area contributed by atoms with Gasteiger partial charge in [-0.1, -0.05) is 13.3 Å². The fourth-order valence-corrected chi connectivity index (χ4v) is 2.07. The van der Waals surface area contributed by atoms with Crippen LogP contribution in [0.25, 0.3) is 0 Å². The van der Waals surface area contributed by atoms with Gasteiger partial charge in [0, 0.05) is 6.04 Å². The van der Waals surface area contributed by atoms with Crippen molar-refractivity contribution >= 4 is 0 Å². The van der Waals surface area contributed by atoms with E-state index < -0.39 is 0 Å². The Morgan fingerprint density at radius 1 is 1.38 bits per heavy atom. The molecule has 13 heavy (non-hydrogen) atoms. The fourth-order valence-electron chi connectivity index (χ4n) is 2.07. The molecular formula is C11H24N2. The van der Waals surface area contributed by atoms with E-state index in [4.69, 9.17) is 0 Å². The van der Waals surface area contributed by atoms with E-state index in [0.717, 1.165) is 12.6 Å². The molecule has 1 unspecified atom stereocenters. The molecule has 2 heteroatoms. The quantitative estimate of drug-likeness (QED) is 0.656. The third-order valence-electron chi connectivity index (χ3n) is 2.99. The Morgan fingerprint density at radius 3 is 2.92 bits per heavy atom. The van der Waals surface area contributed by atoms with Gasteiger partial charge in [0.25, 0.3) is 0 Å². The molecular weight excluding hydrogens is 160 g/mol. The zero-order chi connectivity index (χ0) is 9.52. The molecule has 0 aromatic rings. The van der Waals surface area contributed by atoms with E-state index in [9.17, 15) is 0 Å². The van der Waals surface area contributed by atoms with E-state index in [0.29, 0.717) is 0 Å². The van der Waals surface area contributed by atoms with Crippen LogP contribution >= 0.6 is 0 Å². The third kappa shape index (κ3) is 4.10. The summed E-state index contributed by atoms with van der Waals surface area (Å²) < 4.78 is 0. The summed E-state index contributed by atoms with van der Waals surface area (Å²) in [5.41, 5.74) is 0. The van der Waals surface area contributed by atoms with Gasteiger partial charge < -0.3 is 10.2 Å². The van der Waals surface area contributed by atoms with Gasteiger partial charge >= 0.3 is 0 Å². The molecule has 1 aliphatic rings. The molecule has 0 radical (unpaired) electrons. The van der Waals surface area contributed by atoms with Gasteiger partial charge in [0.2, 0.25) is 0 Å². The Kier molecular flexibility index (Phi) is 5.40. The number of piperidine rings is 1. The number of likely N-dealkylation sites (tertiary alicyclic amines) is 1. The van der Waals surface area contributed by atoms with Crippen LogP contribution in [0.4, 0.5) is 0 Å². The second-order valence-electron chi connectivity index (χ2n) is 4.09. The average molecular weight is 184 g/mol. The van der Waals surface area contributed by atoms with Crippen LogP contribution in [0.3, 0.4) is 0 Å². The third-order valence-corrected chi connectivity index (χ3v) is 2.99. The summed E-state index contributed by atoms with van der Waals surface area (Å²) >= 11 is 0. The van der Waals surface area contributed by atoms with Gasteiger partial charge in [0.05, 0.1) is 0 Å². The van der Waals surface area contributed by atoms with Crippen molar-refractivity contribution in [1.29, 1.82) is 0 Å².